The summed E-state index contributed by atoms with van der Waals surface area (Å²) in [5, 5.41) is 9.45. The molecule has 1 amide bonds. The van der Waals surface area contributed by atoms with Gasteiger partial charge in [-0.3, -0.25) is 4.79 Å². The molecule has 1 aliphatic rings. The molecular weight excluding hydrogens is 236 g/mol. The van der Waals surface area contributed by atoms with Crippen molar-refractivity contribution in [3.8, 4) is 6.07 Å². The van der Waals surface area contributed by atoms with Crippen molar-refractivity contribution in [3.63, 3.8) is 0 Å². The molecule has 2 rings (SSSR count). The summed E-state index contributed by atoms with van der Waals surface area (Å²) in [6, 6.07) is 5.98. The fourth-order valence-corrected chi connectivity index (χ4v) is 2.68. The number of hydrogen-bond donors (Lipinski definition) is 0. The van der Waals surface area contributed by atoms with Crippen molar-refractivity contribution in [2.75, 3.05) is 11.4 Å². The highest BCUT2D eigenvalue weighted by Gasteiger charge is 2.32. The van der Waals surface area contributed by atoms with E-state index in [9.17, 15) is 4.79 Å². The number of benzene rings is 1. The van der Waals surface area contributed by atoms with Crippen LogP contribution in [0.15, 0.2) is 12.1 Å². The van der Waals surface area contributed by atoms with Crippen LogP contribution in [0.1, 0.15) is 17.5 Å². The van der Waals surface area contributed by atoms with Crippen molar-refractivity contribution >= 4 is 23.2 Å². The number of amides is 1. The van der Waals surface area contributed by atoms with Crippen LogP contribution in [0, 0.1) is 31.1 Å². The Morgan fingerprint density at radius 3 is 2.71 bits per heavy atom. The van der Waals surface area contributed by atoms with E-state index >= 15 is 0 Å². The molecule has 1 saturated heterocycles. The molecule has 0 radical (unpaired) electrons. The van der Waals surface area contributed by atoms with Gasteiger partial charge >= 0.3 is 0 Å². The summed E-state index contributed by atoms with van der Waals surface area (Å²) >= 11 is 6.19. The molecule has 1 atom stereocenters. The van der Waals surface area contributed by atoms with E-state index in [2.05, 4.69) is 6.07 Å². The minimum atomic E-state index is -0.223. The molecule has 88 valence electrons. The molecule has 1 aromatic carbocycles. The lowest BCUT2D eigenvalue weighted by molar-refractivity contribution is -0.117. The second kappa shape index (κ2) is 4.38. The van der Waals surface area contributed by atoms with Crippen LogP contribution in [0.3, 0.4) is 0 Å². The second-order valence-electron chi connectivity index (χ2n) is 4.45. The lowest BCUT2D eigenvalue weighted by atomic mass is 10.1. The number of nitrogens with zero attached hydrogens (tertiary/aromatic N) is 2. The van der Waals surface area contributed by atoms with Crippen LogP contribution in [0.4, 0.5) is 5.69 Å². The minimum Gasteiger partial charge on any atom is -0.309 e. The molecule has 1 aliphatic heterocycles. The Morgan fingerprint density at radius 1 is 1.47 bits per heavy atom. The van der Waals surface area contributed by atoms with Crippen molar-refractivity contribution in [1.82, 2.24) is 0 Å². The summed E-state index contributed by atoms with van der Waals surface area (Å²) in [6.45, 7) is 4.34. The normalized spacial score (nSPS) is 19.5. The van der Waals surface area contributed by atoms with E-state index in [0.717, 1.165) is 16.8 Å². The van der Waals surface area contributed by atoms with Gasteiger partial charge in [-0.05, 0) is 31.0 Å². The molecule has 4 heteroatoms. The van der Waals surface area contributed by atoms with Gasteiger partial charge in [0.05, 0.1) is 22.7 Å². The van der Waals surface area contributed by atoms with Gasteiger partial charge in [-0.25, -0.2) is 0 Å². The maximum atomic E-state index is 11.8. The van der Waals surface area contributed by atoms with Crippen LogP contribution in [0.5, 0.6) is 0 Å². The predicted octanol–water partition coefficient (Wildman–Crippen LogP) is 2.83. The van der Waals surface area contributed by atoms with Crippen LogP contribution in [0.25, 0.3) is 0 Å². The maximum Gasteiger partial charge on any atom is 0.228 e. The Kier molecular flexibility index (Phi) is 3.08. The fraction of sp³-hybridized carbons (Fsp3) is 0.385. The van der Waals surface area contributed by atoms with Gasteiger partial charge in [0, 0.05) is 13.0 Å². The van der Waals surface area contributed by atoms with Gasteiger partial charge in [0.1, 0.15) is 0 Å². The number of carbonyl (C=O) groups is 1. The average molecular weight is 249 g/mol. The summed E-state index contributed by atoms with van der Waals surface area (Å²) in [7, 11) is 0. The number of rotatable bonds is 1. The molecule has 1 fully saturated rings. The molecule has 0 N–H and O–H groups in total. The Balaban J connectivity index is 2.42. The van der Waals surface area contributed by atoms with Crippen molar-refractivity contribution < 1.29 is 4.79 Å². The zero-order valence-corrected chi connectivity index (χ0v) is 10.6. The molecule has 0 aliphatic carbocycles. The molecule has 3 nitrogen and oxygen atoms in total. The monoisotopic (exact) mass is 248 g/mol. The Bertz CT molecular complexity index is 496. The largest absolute Gasteiger partial charge is 0.309 e. The van der Waals surface area contributed by atoms with Gasteiger partial charge in [0.25, 0.3) is 0 Å². The first-order chi connectivity index (χ1) is 8.02. The molecule has 17 heavy (non-hydrogen) atoms. The van der Waals surface area contributed by atoms with E-state index < -0.39 is 0 Å². The van der Waals surface area contributed by atoms with Crippen molar-refractivity contribution in [2.24, 2.45) is 5.92 Å². The highest BCUT2D eigenvalue weighted by atomic mass is 35.5. The van der Waals surface area contributed by atoms with E-state index in [1.54, 1.807) is 4.90 Å². The van der Waals surface area contributed by atoms with Gasteiger partial charge in [-0.2, -0.15) is 5.26 Å². The van der Waals surface area contributed by atoms with Gasteiger partial charge in [0.2, 0.25) is 5.91 Å². The molecule has 1 aromatic rings. The van der Waals surface area contributed by atoms with E-state index in [4.69, 9.17) is 16.9 Å². The lowest BCUT2D eigenvalue weighted by Gasteiger charge is -2.20. The third kappa shape index (κ3) is 2.13. The molecule has 0 spiro atoms. The standard InChI is InChI=1S/C13H13ClN2O/c1-8-3-9(2)13(11(14)4-8)16-7-10(6-15)5-12(16)17/h3-4,10H,5,7H2,1-2H3. The van der Waals surface area contributed by atoms with E-state index in [1.807, 2.05) is 26.0 Å². The summed E-state index contributed by atoms with van der Waals surface area (Å²) in [6.07, 6.45) is 0.292. The number of halogens is 1. The SMILES string of the molecule is Cc1cc(C)c(N2CC(C#N)CC2=O)c(Cl)c1. The number of nitriles is 1. The Morgan fingerprint density at radius 2 is 2.18 bits per heavy atom. The molecule has 1 heterocycles. The molecule has 1 unspecified atom stereocenters. The summed E-state index contributed by atoms with van der Waals surface area (Å²) < 4.78 is 0. The maximum absolute atomic E-state index is 11.8. The number of carbonyl (C=O) groups excluding carboxylic acids is 1. The Hall–Kier alpha value is -1.53. The minimum absolute atomic E-state index is 0.0228. The summed E-state index contributed by atoms with van der Waals surface area (Å²) in [5.41, 5.74) is 2.79. The van der Waals surface area contributed by atoms with Crippen LogP contribution in [-0.2, 0) is 4.79 Å². The fourth-order valence-electron chi connectivity index (χ4n) is 2.26. The van der Waals surface area contributed by atoms with E-state index in [1.165, 1.54) is 0 Å². The lowest BCUT2D eigenvalue weighted by Crippen LogP contribution is -2.25. The quantitative estimate of drug-likeness (QED) is 0.767. The van der Waals surface area contributed by atoms with E-state index in [-0.39, 0.29) is 11.8 Å². The zero-order chi connectivity index (χ0) is 12.6. The number of aryl methyl sites for hydroxylation is 2. The predicted molar refractivity (Wildman–Crippen MR) is 67.0 cm³/mol. The molecule has 0 bridgehead atoms. The Labute approximate surface area is 106 Å². The first-order valence-electron chi connectivity index (χ1n) is 5.49. The van der Waals surface area contributed by atoms with Crippen molar-refractivity contribution in [3.05, 3.63) is 28.3 Å². The molecule has 0 saturated carbocycles. The first-order valence-corrected chi connectivity index (χ1v) is 5.87. The highest BCUT2D eigenvalue weighted by Crippen LogP contribution is 2.34. The topological polar surface area (TPSA) is 44.1 Å². The van der Waals surface area contributed by atoms with Gasteiger partial charge in [-0.1, -0.05) is 17.7 Å². The first kappa shape index (κ1) is 11.9. The molecular formula is C13H13ClN2O. The summed E-state index contributed by atoms with van der Waals surface area (Å²) in [4.78, 5) is 13.5. The van der Waals surface area contributed by atoms with Crippen molar-refractivity contribution in [2.45, 2.75) is 20.3 Å². The van der Waals surface area contributed by atoms with Crippen LogP contribution >= 0.6 is 11.6 Å². The number of anilines is 1. The van der Waals surface area contributed by atoms with Gasteiger partial charge < -0.3 is 4.90 Å². The zero-order valence-electron chi connectivity index (χ0n) is 9.83. The second-order valence-corrected chi connectivity index (χ2v) is 4.85. The number of hydrogen-bond acceptors (Lipinski definition) is 2. The van der Waals surface area contributed by atoms with Gasteiger partial charge in [-0.15, -0.1) is 0 Å². The van der Waals surface area contributed by atoms with E-state index in [0.29, 0.717) is 18.0 Å². The molecule has 0 aromatic heterocycles. The smallest absolute Gasteiger partial charge is 0.228 e. The third-order valence-electron chi connectivity index (χ3n) is 2.98. The highest BCUT2D eigenvalue weighted by molar-refractivity contribution is 6.34. The van der Waals surface area contributed by atoms with Crippen molar-refractivity contribution in [1.29, 1.82) is 5.26 Å². The third-order valence-corrected chi connectivity index (χ3v) is 3.26. The van der Waals surface area contributed by atoms with Crippen LogP contribution in [0.2, 0.25) is 5.02 Å². The van der Waals surface area contributed by atoms with Gasteiger partial charge in [0.15, 0.2) is 0 Å². The van der Waals surface area contributed by atoms with Crippen LogP contribution < -0.4 is 4.90 Å². The average Bonchev–Trinajstić information content (AvgIpc) is 2.59. The summed E-state index contributed by atoms with van der Waals surface area (Å²) in [5.74, 6) is -0.246. The van der Waals surface area contributed by atoms with Crippen LogP contribution in [-0.4, -0.2) is 12.5 Å².